The first-order chi connectivity index (χ1) is 11.4. The summed E-state index contributed by atoms with van der Waals surface area (Å²) in [5, 5.41) is 2.75. The number of carbonyl (C=O) groups is 1. The van der Waals surface area contributed by atoms with E-state index in [-0.39, 0.29) is 11.9 Å². The van der Waals surface area contributed by atoms with Gasteiger partial charge in [-0.1, -0.05) is 0 Å². The van der Waals surface area contributed by atoms with Crippen molar-refractivity contribution in [1.82, 2.24) is 14.9 Å². The van der Waals surface area contributed by atoms with Crippen molar-refractivity contribution in [2.24, 2.45) is 5.73 Å². The van der Waals surface area contributed by atoms with Crippen LogP contribution in [0.5, 0.6) is 0 Å². The van der Waals surface area contributed by atoms with Crippen molar-refractivity contribution in [3.05, 3.63) is 18.0 Å². The quantitative estimate of drug-likeness (QED) is 0.721. The van der Waals surface area contributed by atoms with Crippen molar-refractivity contribution in [2.45, 2.75) is 31.5 Å². The van der Waals surface area contributed by atoms with E-state index < -0.39 is 17.9 Å². The number of rotatable bonds is 7. The fourth-order valence-corrected chi connectivity index (χ4v) is 3.19. The molecule has 1 unspecified atom stereocenters. The van der Waals surface area contributed by atoms with Gasteiger partial charge in [-0.2, -0.15) is 13.2 Å². The Morgan fingerprint density at radius 2 is 2.25 bits per heavy atom. The van der Waals surface area contributed by atoms with E-state index in [0.29, 0.717) is 31.7 Å². The van der Waals surface area contributed by atoms with Crippen LogP contribution in [0.2, 0.25) is 0 Å². The Labute approximate surface area is 142 Å². The van der Waals surface area contributed by atoms with Crippen LogP contribution in [0.1, 0.15) is 25.0 Å². The lowest BCUT2D eigenvalue weighted by Crippen LogP contribution is -2.42. The summed E-state index contributed by atoms with van der Waals surface area (Å²) in [6, 6.07) is 0.306. The van der Waals surface area contributed by atoms with Gasteiger partial charge in [0.1, 0.15) is 5.69 Å². The van der Waals surface area contributed by atoms with Crippen molar-refractivity contribution < 1.29 is 18.0 Å². The fraction of sp³-hybridized carbons (Fsp3) is 0.643. The number of carbonyl (C=O) groups excluding carboxylic acids is 1. The van der Waals surface area contributed by atoms with Gasteiger partial charge in [-0.25, -0.2) is 9.97 Å². The van der Waals surface area contributed by atoms with Gasteiger partial charge in [0.05, 0.1) is 11.9 Å². The molecule has 3 N–H and O–H groups in total. The zero-order valence-electron chi connectivity index (χ0n) is 13.1. The first kappa shape index (κ1) is 18.8. The summed E-state index contributed by atoms with van der Waals surface area (Å²) in [5.41, 5.74) is 4.91. The molecule has 1 aliphatic heterocycles. The molecule has 2 rings (SSSR count). The van der Waals surface area contributed by atoms with E-state index in [1.807, 2.05) is 0 Å². The number of nitrogens with one attached hydrogen (secondary N) is 1. The van der Waals surface area contributed by atoms with Crippen LogP contribution in [0, 0.1) is 0 Å². The van der Waals surface area contributed by atoms with Crippen LogP contribution >= 0.6 is 11.8 Å². The molecule has 0 aliphatic carbocycles. The highest BCUT2D eigenvalue weighted by Gasteiger charge is 2.32. The van der Waals surface area contributed by atoms with E-state index in [9.17, 15) is 18.0 Å². The summed E-state index contributed by atoms with van der Waals surface area (Å²) in [6.45, 7) is 1.16. The molecule has 1 amide bonds. The molecular formula is C14H20F3N5OS. The van der Waals surface area contributed by atoms with Gasteiger partial charge in [0, 0.05) is 25.0 Å². The Balaban J connectivity index is 1.67. The van der Waals surface area contributed by atoms with Crippen LogP contribution in [-0.4, -0.2) is 51.5 Å². The van der Waals surface area contributed by atoms with Crippen LogP contribution in [-0.2, 0) is 11.0 Å². The predicted octanol–water partition coefficient (Wildman–Crippen LogP) is 1.94. The third-order valence-electron chi connectivity index (χ3n) is 3.55. The lowest BCUT2D eigenvalue weighted by atomic mass is 10.1. The minimum absolute atomic E-state index is 0.0332. The first-order valence-electron chi connectivity index (χ1n) is 7.64. The molecular weight excluding hydrogens is 343 g/mol. The van der Waals surface area contributed by atoms with E-state index in [1.54, 1.807) is 16.7 Å². The molecule has 1 atom stereocenters. The number of aromatic nitrogens is 2. The highest BCUT2D eigenvalue weighted by Crippen LogP contribution is 2.27. The lowest BCUT2D eigenvalue weighted by Gasteiger charge is -2.19. The maximum Gasteiger partial charge on any atom is 0.433 e. The number of halogens is 3. The Bertz CT molecular complexity index is 551. The maximum atomic E-state index is 12.5. The van der Waals surface area contributed by atoms with Crippen LogP contribution in [0.3, 0.4) is 0 Å². The molecule has 0 bridgehead atoms. The molecule has 1 aromatic rings. The second-order valence-electron chi connectivity index (χ2n) is 5.43. The van der Waals surface area contributed by atoms with Crippen molar-refractivity contribution in [3.8, 4) is 0 Å². The molecule has 6 nitrogen and oxygen atoms in total. The van der Waals surface area contributed by atoms with Gasteiger partial charge in [-0.15, -0.1) is 11.8 Å². The second kappa shape index (κ2) is 8.52. The minimum Gasteiger partial charge on any atom is -0.354 e. The molecule has 134 valence electrons. The monoisotopic (exact) mass is 363 g/mol. The highest BCUT2D eigenvalue weighted by atomic mass is 32.2. The van der Waals surface area contributed by atoms with E-state index in [2.05, 4.69) is 15.3 Å². The van der Waals surface area contributed by atoms with Crippen molar-refractivity contribution in [1.29, 1.82) is 0 Å². The number of nitrogens with two attached hydrogens (primary N) is 1. The van der Waals surface area contributed by atoms with E-state index in [4.69, 9.17) is 5.73 Å². The number of amides is 1. The summed E-state index contributed by atoms with van der Waals surface area (Å²) in [5.74, 6) is 1.55. The number of thioether (sulfide) groups is 1. The summed E-state index contributed by atoms with van der Waals surface area (Å²) in [7, 11) is 0. The number of unbranched alkanes of at least 4 members (excludes halogenated alkanes) is 1. The highest BCUT2D eigenvalue weighted by molar-refractivity contribution is 7.99. The van der Waals surface area contributed by atoms with Gasteiger partial charge in [0.2, 0.25) is 11.9 Å². The molecule has 24 heavy (non-hydrogen) atoms. The third kappa shape index (κ3) is 5.52. The number of hydrogen-bond acceptors (Lipinski definition) is 6. The maximum absolute atomic E-state index is 12.5. The normalized spacial score (nSPS) is 16.2. The van der Waals surface area contributed by atoms with E-state index >= 15 is 0 Å². The second-order valence-corrected chi connectivity index (χ2v) is 6.51. The molecule has 0 spiro atoms. The molecule has 10 heteroatoms. The van der Waals surface area contributed by atoms with Crippen molar-refractivity contribution in [2.75, 3.05) is 30.0 Å². The zero-order valence-corrected chi connectivity index (χ0v) is 13.9. The molecule has 0 saturated carbocycles. The molecule has 0 radical (unpaired) electrons. The Hall–Kier alpha value is -1.55. The average Bonchev–Trinajstić information content (AvgIpc) is 3.07. The Morgan fingerprint density at radius 1 is 1.46 bits per heavy atom. The minimum atomic E-state index is -4.49. The number of alkyl halides is 3. The van der Waals surface area contributed by atoms with E-state index in [1.165, 1.54) is 0 Å². The van der Waals surface area contributed by atoms with Crippen molar-refractivity contribution in [3.63, 3.8) is 0 Å². The largest absolute Gasteiger partial charge is 0.433 e. The topological polar surface area (TPSA) is 84.1 Å². The molecule has 1 aromatic heterocycles. The van der Waals surface area contributed by atoms with Gasteiger partial charge in [-0.3, -0.25) is 4.79 Å². The summed E-state index contributed by atoms with van der Waals surface area (Å²) in [6.07, 6.45) is -1.51. The first-order valence-corrected chi connectivity index (χ1v) is 8.79. The number of anilines is 1. The Morgan fingerprint density at radius 3 is 2.92 bits per heavy atom. The van der Waals surface area contributed by atoms with Crippen LogP contribution in [0.25, 0.3) is 0 Å². The van der Waals surface area contributed by atoms with Gasteiger partial charge in [0.15, 0.2) is 0 Å². The molecule has 1 aliphatic rings. The molecule has 0 aromatic carbocycles. The van der Waals surface area contributed by atoms with Gasteiger partial charge in [0.25, 0.3) is 0 Å². The standard InChI is InChI=1S/C14H20F3N5OS/c15-14(16,17)11-4-6-20-13(21-11)19-5-2-1-3-10(18)12(23)22-7-8-24-9-22/h4,6,10H,1-3,5,7-9,18H2,(H,19,20,21). The average molecular weight is 363 g/mol. The lowest BCUT2D eigenvalue weighted by molar-refractivity contribution is -0.141. The SMILES string of the molecule is NC(CCCCNc1nccc(C(F)(F)F)n1)C(=O)N1CCSC1. The number of nitrogens with zero attached hydrogens (tertiary/aromatic N) is 3. The van der Waals surface area contributed by atoms with Crippen LogP contribution in [0.4, 0.5) is 19.1 Å². The zero-order chi connectivity index (χ0) is 17.6. The predicted molar refractivity (Wildman–Crippen MR) is 86.4 cm³/mol. The van der Waals surface area contributed by atoms with Gasteiger partial charge < -0.3 is 16.0 Å². The molecule has 1 fully saturated rings. The van der Waals surface area contributed by atoms with Crippen LogP contribution in [0.15, 0.2) is 12.3 Å². The fourth-order valence-electron chi connectivity index (χ4n) is 2.24. The number of hydrogen-bond donors (Lipinski definition) is 2. The van der Waals surface area contributed by atoms with Gasteiger partial charge >= 0.3 is 6.18 Å². The summed E-state index contributed by atoms with van der Waals surface area (Å²) < 4.78 is 37.6. The van der Waals surface area contributed by atoms with Gasteiger partial charge in [-0.05, 0) is 25.3 Å². The molecule has 1 saturated heterocycles. The molecule has 2 heterocycles. The smallest absolute Gasteiger partial charge is 0.354 e. The van der Waals surface area contributed by atoms with Crippen molar-refractivity contribution >= 4 is 23.6 Å². The third-order valence-corrected chi connectivity index (χ3v) is 4.52. The van der Waals surface area contributed by atoms with E-state index in [0.717, 1.165) is 24.6 Å². The van der Waals surface area contributed by atoms with Crippen LogP contribution < -0.4 is 11.1 Å². The summed E-state index contributed by atoms with van der Waals surface area (Å²) >= 11 is 1.71. The Kier molecular flexibility index (Phi) is 6.67. The summed E-state index contributed by atoms with van der Waals surface area (Å²) in [4.78, 5) is 20.9.